The molecule has 5 rings (SSSR count). The number of likely N-dealkylation sites (tertiary alicyclic amines) is 1. The molecule has 0 aliphatic carbocycles. The van der Waals surface area contributed by atoms with E-state index >= 15 is 0 Å². The number of fused-ring (bicyclic) bond motifs is 1. The van der Waals surface area contributed by atoms with Crippen LogP contribution in [0.2, 0.25) is 0 Å². The van der Waals surface area contributed by atoms with Crippen molar-refractivity contribution in [2.45, 2.75) is 50.1 Å². The summed E-state index contributed by atoms with van der Waals surface area (Å²) >= 11 is 1.84. The molecule has 2 aromatic carbocycles. The van der Waals surface area contributed by atoms with Gasteiger partial charge < -0.3 is 19.5 Å². The number of hydrogen-bond donors (Lipinski definition) is 2. The number of amides is 1. The van der Waals surface area contributed by atoms with Crippen LogP contribution in [0.15, 0.2) is 65.0 Å². The molecule has 4 aromatic rings. The van der Waals surface area contributed by atoms with E-state index in [1.165, 1.54) is 4.88 Å². The minimum Gasteiger partial charge on any atom is -0.497 e. The lowest BCUT2D eigenvalue weighted by Crippen LogP contribution is -2.51. The molecule has 44 heavy (non-hydrogen) atoms. The number of benzene rings is 2. The monoisotopic (exact) mass is 637 g/mol. The number of methoxy groups -OCH3 is 1. The number of ether oxygens (including phenoxy) is 1. The Balaban J connectivity index is 1.14. The van der Waals surface area contributed by atoms with E-state index in [-0.39, 0.29) is 16.3 Å². The molecule has 2 aromatic heterocycles. The number of nitrogens with one attached hydrogen (secondary N) is 2. The van der Waals surface area contributed by atoms with Crippen LogP contribution in [0.5, 0.6) is 5.75 Å². The highest BCUT2D eigenvalue weighted by Gasteiger charge is 2.38. The number of rotatable bonds is 12. The number of thiophene rings is 1. The Labute approximate surface area is 264 Å². The van der Waals surface area contributed by atoms with Gasteiger partial charge in [-0.1, -0.05) is 12.1 Å². The van der Waals surface area contributed by atoms with E-state index in [0.717, 1.165) is 43.4 Å². The third kappa shape index (κ3) is 6.81. The van der Waals surface area contributed by atoms with Crippen LogP contribution in [0.3, 0.4) is 0 Å². The van der Waals surface area contributed by atoms with Gasteiger partial charge >= 0.3 is 0 Å². The first kappa shape index (κ1) is 32.0. The molecule has 236 valence electrons. The van der Waals surface area contributed by atoms with Gasteiger partial charge in [0, 0.05) is 50.2 Å². The molecule has 0 radical (unpaired) electrons. The van der Waals surface area contributed by atoms with Gasteiger partial charge in [0.1, 0.15) is 5.75 Å². The van der Waals surface area contributed by atoms with E-state index in [1.54, 1.807) is 39.2 Å². The van der Waals surface area contributed by atoms with Crippen molar-refractivity contribution in [2.75, 3.05) is 52.1 Å². The Bertz CT molecular complexity index is 1680. The summed E-state index contributed by atoms with van der Waals surface area (Å²) < 4.78 is 36.7. The molecule has 1 amide bonds. The van der Waals surface area contributed by atoms with E-state index in [0.29, 0.717) is 42.1 Å². The maximum atomic E-state index is 13.3. The number of sulfonamides is 1. The summed E-state index contributed by atoms with van der Waals surface area (Å²) in [5.74, 6) is 0.627. The zero-order valence-corrected chi connectivity index (χ0v) is 27.9. The highest BCUT2D eigenvalue weighted by Crippen LogP contribution is 2.39. The molecule has 11 heteroatoms. The topological polar surface area (TPSA) is 95.9 Å². The van der Waals surface area contributed by atoms with Crippen molar-refractivity contribution in [1.82, 2.24) is 19.7 Å². The molecule has 0 atom stereocenters. The predicted octanol–water partition coefficient (Wildman–Crippen LogP) is 5.19. The first-order valence-corrected chi connectivity index (χ1v) is 17.4. The number of carbonyl (C=O) groups excluding carboxylic acids is 1. The molecule has 0 spiro atoms. The number of nitrogens with zero attached hydrogens (tertiary/aromatic N) is 3. The molecule has 1 aliphatic rings. The molecule has 1 fully saturated rings. The Hall–Kier alpha value is -3.38. The van der Waals surface area contributed by atoms with Crippen molar-refractivity contribution in [1.29, 1.82) is 0 Å². The predicted molar refractivity (Wildman–Crippen MR) is 178 cm³/mol. The summed E-state index contributed by atoms with van der Waals surface area (Å²) in [6.45, 7) is 7.49. The van der Waals surface area contributed by atoms with E-state index in [1.807, 2.05) is 40.3 Å². The number of hydrogen-bond acceptors (Lipinski definition) is 7. The van der Waals surface area contributed by atoms with Gasteiger partial charge in [0.15, 0.2) is 0 Å². The largest absolute Gasteiger partial charge is 0.497 e. The minimum absolute atomic E-state index is 0.00685. The van der Waals surface area contributed by atoms with E-state index < -0.39 is 10.0 Å². The molecule has 2 N–H and O–H groups in total. The summed E-state index contributed by atoms with van der Waals surface area (Å²) in [5, 5.41) is 6.22. The lowest BCUT2D eigenvalue weighted by Gasteiger charge is -2.45. The summed E-state index contributed by atoms with van der Waals surface area (Å²) in [6.07, 6.45) is 4.43. The molecule has 0 bridgehead atoms. The fourth-order valence-electron chi connectivity index (χ4n) is 6.37. The fraction of sp³-hybridized carbons (Fsp3) is 0.424. The van der Waals surface area contributed by atoms with Crippen molar-refractivity contribution in [3.05, 3.63) is 76.1 Å². The van der Waals surface area contributed by atoms with Crippen LogP contribution in [0.1, 0.15) is 35.3 Å². The third-order valence-electron chi connectivity index (χ3n) is 8.81. The minimum atomic E-state index is -3.82. The summed E-state index contributed by atoms with van der Waals surface area (Å²) in [4.78, 5) is 19.2. The molecular formula is C33H43N5O4S2. The first-order chi connectivity index (χ1) is 21.0. The number of aromatic nitrogens is 1. The quantitative estimate of drug-likeness (QED) is 0.222. The van der Waals surface area contributed by atoms with E-state index in [2.05, 4.69) is 51.4 Å². The molecule has 0 saturated carbocycles. The van der Waals surface area contributed by atoms with Crippen molar-refractivity contribution >= 4 is 43.9 Å². The molecule has 1 saturated heterocycles. The molecular weight excluding hydrogens is 595 g/mol. The van der Waals surface area contributed by atoms with Gasteiger partial charge in [-0.3, -0.25) is 14.4 Å². The Morgan fingerprint density at radius 3 is 2.41 bits per heavy atom. The van der Waals surface area contributed by atoms with Gasteiger partial charge in [-0.05, 0) is 99.1 Å². The number of piperidine rings is 1. The molecule has 0 unspecified atom stereocenters. The van der Waals surface area contributed by atoms with Crippen LogP contribution in [0, 0.1) is 13.8 Å². The zero-order chi connectivity index (χ0) is 31.5. The smallest absolute Gasteiger partial charge is 0.262 e. The third-order valence-corrected chi connectivity index (χ3v) is 11.6. The highest BCUT2D eigenvalue weighted by molar-refractivity contribution is 7.92. The van der Waals surface area contributed by atoms with Crippen LogP contribution in [-0.2, 0) is 26.9 Å². The summed E-state index contributed by atoms with van der Waals surface area (Å²) in [7, 11) is 2.09. The second-order valence-electron chi connectivity index (χ2n) is 11.8. The zero-order valence-electron chi connectivity index (χ0n) is 26.2. The van der Waals surface area contributed by atoms with Gasteiger partial charge in [0.05, 0.1) is 28.7 Å². The average Bonchev–Trinajstić information content (AvgIpc) is 3.66. The summed E-state index contributed by atoms with van der Waals surface area (Å²) in [5.41, 5.74) is 2.66. The Morgan fingerprint density at radius 2 is 1.77 bits per heavy atom. The maximum absolute atomic E-state index is 13.3. The van der Waals surface area contributed by atoms with E-state index in [9.17, 15) is 13.2 Å². The van der Waals surface area contributed by atoms with Crippen LogP contribution >= 0.6 is 11.3 Å². The first-order valence-electron chi connectivity index (χ1n) is 15.0. The summed E-state index contributed by atoms with van der Waals surface area (Å²) in [6, 6.07) is 15.3. The van der Waals surface area contributed by atoms with Crippen LogP contribution in [0.4, 0.5) is 5.69 Å². The van der Waals surface area contributed by atoms with Crippen molar-refractivity contribution in [3.8, 4) is 5.75 Å². The van der Waals surface area contributed by atoms with Crippen LogP contribution in [0.25, 0.3) is 10.9 Å². The van der Waals surface area contributed by atoms with E-state index in [4.69, 9.17) is 4.74 Å². The second kappa shape index (κ2) is 13.3. The van der Waals surface area contributed by atoms with Gasteiger partial charge in [0.2, 0.25) is 5.91 Å². The van der Waals surface area contributed by atoms with Crippen molar-refractivity contribution < 1.29 is 17.9 Å². The molecule has 1 aliphatic heterocycles. The number of aryl methyl sites for hydroxylation is 3. The number of anilines is 1. The van der Waals surface area contributed by atoms with Gasteiger partial charge in [-0.2, -0.15) is 0 Å². The Kier molecular flexibility index (Phi) is 9.69. The normalized spacial score (nSPS) is 15.5. The number of carbonyl (C=O) groups is 1. The lowest BCUT2D eigenvalue weighted by atomic mass is 9.84. The van der Waals surface area contributed by atoms with Gasteiger partial charge in [0.25, 0.3) is 10.0 Å². The standard InChI is InChI=1S/C33H43N5O4S2/c1-24-21-28(42-5)22-25(2)32(24)44(40,41)35-27-9-8-26-10-15-38(29(26)23-27)16-11-31(39)34-14-19-37-17-12-33(13-18-37,36(3)4)30-7-6-20-43-30/h6-10,15,20-23,35H,11-14,16-19H2,1-5H3,(H,34,39). The van der Waals surface area contributed by atoms with Crippen molar-refractivity contribution in [2.24, 2.45) is 0 Å². The highest BCUT2D eigenvalue weighted by atomic mass is 32.2. The van der Waals surface area contributed by atoms with Gasteiger partial charge in [-0.15, -0.1) is 11.3 Å². The lowest BCUT2D eigenvalue weighted by molar-refractivity contribution is -0.121. The van der Waals surface area contributed by atoms with Gasteiger partial charge in [-0.25, -0.2) is 8.42 Å². The fourth-order valence-corrected chi connectivity index (χ4v) is 8.94. The maximum Gasteiger partial charge on any atom is 0.262 e. The SMILES string of the molecule is COc1cc(C)c(S(=O)(=O)Nc2ccc3ccn(CCC(=O)NCCN4CCC(c5cccs5)(N(C)C)CC4)c3c2)c(C)c1. The van der Waals surface area contributed by atoms with Crippen molar-refractivity contribution in [3.63, 3.8) is 0 Å². The average molecular weight is 638 g/mol. The molecule has 3 heterocycles. The second-order valence-corrected chi connectivity index (χ2v) is 14.4. The van der Waals surface area contributed by atoms with Crippen LogP contribution in [-0.4, -0.2) is 76.1 Å². The molecule has 9 nitrogen and oxygen atoms in total. The van der Waals surface area contributed by atoms with Crippen LogP contribution < -0.4 is 14.8 Å². The Morgan fingerprint density at radius 1 is 1.05 bits per heavy atom.